The number of hydrogen-bond donors (Lipinski definition) is 2. The summed E-state index contributed by atoms with van der Waals surface area (Å²) in [5.41, 5.74) is 6.88. The number of hydrogen-bond acceptors (Lipinski definition) is 1. The highest BCUT2D eigenvalue weighted by atomic mass is 15.1. The second kappa shape index (κ2) is 5.56. The minimum Gasteiger partial charge on any atom is -0.370 e. The van der Waals surface area contributed by atoms with Crippen molar-refractivity contribution in [2.24, 2.45) is 28.5 Å². The number of guanidine groups is 1. The van der Waals surface area contributed by atoms with Crippen molar-refractivity contribution < 1.29 is 0 Å². The van der Waals surface area contributed by atoms with E-state index in [2.05, 4.69) is 16.9 Å². The highest BCUT2D eigenvalue weighted by molar-refractivity contribution is 5.77. The van der Waals surface area contributed by atoms with Gasteiger partial charge in [0.1, 0.15) is 0 Å². The molecule has 2 unspecified atom stereocenters. The summed E-state index contributed by atoms with van der Waals surface area (Å²) in [6, 6.07) is 0. The second-order valence-electron chi connectivity index (χ2n) is 5.73. The van der Waals surface area contributed by atoms with Gasteiger partial charge in [0.2, 0.25) is 0 Å². The van der Waals surface area contributed by atoms with Gasteiger partial charge in [-0.15, -0.1) is 0 Å². The lowest BCUT2D eigenvalue weighted by atomic mass is 9.91. The Morgan fingerprint density at radius 3 is 2.76 bits per heavy atom. The van der Waals surface area contributed by atoms with Gasteiger partial charge in [-0.25, -0.2) is 4.99 Å². The molecule has 2 aliphatic carbocycles. The van der Waals surface area contributed by atoms with Gasteiger partial charge in [0.15, 0.2) is 5.96 Å². The van der Waals surface area contributed by atoms with Crippen LogP contribution in [0.4, 0.5) is 0 Å². The Bertz CT molecular complexity index is 305. The predicted molar refractivity (Wildman–Crippen MR) is 72.9 cm³/mol. The minimum absolute atomic E-state index is 0.578. The third kappa shape index (κ3) is 3.76. The van der Waals surface area contributed by atoms with Crippen molar-refractivity contribution in [2.45, 2.75) is 39.0 Å². The Labute approximate surface area is 105 Å². The number of nitrogens with one attached hydrogen (secondary N) is 1. The lowest BCUT2D eigenvalue weighted by Crippen LogP contribution is -2.36. The molecule has 0 radical (unpaired) electrons. The lowest BCUT2D eigenvalue weighted by molar-refractivity contribution is 0.344. The summed E-state index contributed by atoms with van der Waals surface area (Å²) in [4.78, 5) is 4.25. The third-order valence-electron chi connectivity index (χ3n) is 4.01. The summed E-state index contributed by atoms with van der Waals surface area (Å²) in [5.74, 6) is 3.38. The summed E-state index contributed by atoms with van der Waals surface area (Å²) in [6.07, 6.45) is 7.11. The fourth-order valence-corrected chi connectivity index (χ4v) is 2.98. The van der Waals surface area contributed by atoms with Gasteiger partial charge in [0, 0.05) is 6.54 Å². The van der Waals surface area contributed by atoms with E-state index in [0.29, 0.717) is 12.5 Å². The number of nitrogens with zero attached hydrogens (tertiary/aromatic N) is 1. The molecule has 0 aromatic heterocycles. The van der Waals surface area contributed by atoms with Gasteiger partial charge >= 0.3 is 0 Å². The maximum Gasteiger partial charge on any atom is 0.188 e. The van der Waals surface area contributed by atoms with Crippen molar-refractivity contribution in [1.82, 2.24) is 5.32 Å². The van der Waals surface area contributed by atoms with Crippen LogP contribution in [0, 0.1) is 17.8 Å². The van der Waals surface area contributed by atoms with E-state index in [-0.39, 0.29) is 0 Å². The fourth-order valence-electron chi connectivity index (χ4n) is 2.98. The topological polar surface area (TPSA) is 50.4 Å². The fraction of sp³-hybridized carbons (Fsp3) is 0.786. The predicted octanol–water partition coefficient (Wildman–Crippen LogP) is 2.29. The van der Waals surface area contributed by atoms with Crippen molar-refractivity contribution in [3.8, 4) is 0 Å². The van der Waals surface area contributed by atoms with Crippen LogP contribution in [-0.4, -0.2) is 19.0 Å². The molecule has 0 saturated heterocycles. The molecule has 3 N–H and O–H groups in total. The third-order valence-corrected chi connectivity index (χ3v) is 4.01. The molecule has 0 amide bonds. The summed E-state index contributed by atoms with van der Waals surface area (Å²) in [7, 11) is 0. The van der Waals surface area contributed by atoms with Crippen LogP contribution in [0.25, 0.3) is 0 Å². The van der Waals surface area contributed by atoms with E-state index < -0.39 is 0 Å². The van der Waals surface area contributed by atoms with Crippen LogP contribution in [-0.2, 0) is 0 Å². The molecule has 2 aliphatic rings. The second-order valence-corrected chi connectivity index (χ2v) is 5.73. The molecule has 2 fully saturated rings. The molecule has 0 aliphatic heterocycles. The Balaban J connectivity index is 1.73. The van der Waals surface area contributed by atoms with Gasteiger partial charge in [-0.05, 0) is 50.4 Å². The quantitative estimate of drug-likeness (QED) is 0.436. The molecule has 0 spiro atoms. The van der Waals surface area contributed by atoms with Gasteiger partial charge in [-0.2, -0.15) is 0 Å². The van der Waals surface area contributed by atoms with Crippen molar-refractivity contribution in [1.29, 1.82) is 0 Å². The average Bonchev–Trinajstić information content (AvgIpc) is 3.03. The van der Waals surface area contributed by atoms with Crippen molar-refractivity contribution >= 4 is 5.96 Å². The molecular weight excluding hydrogens is 210 g/mol. The average molecular weight is 235 g/mol. The molecular formula is C14H25N3. The largest absolute Gasteiger partial charge is 0.370 e. The van der Waals surface area contributed by atoms with Crippen LogP contribution < -0.4 is 11.1 Å². The molecule has 0 aromatic rings. The normalized spacial score (nSPS) is 29.4. The van der Waals surface area contributed by atoms with Crippen molar-refractivity contribution in [3.05, 3.63) is 12.2 Å². The zero-order chi connectivity index (χ0) is 12.3. The molecule has 0 aromatic carbocycles. The maximum absolute atomic E-state index is 5.84. The molecule has 2 rings (SSSR count). The van der Waals surface area contributed by atoms with E-state index in [4.69, 9.17) is 5.73 Å². The molecule has 2 atom stereocenters. The van der Waals surface area contributed by atoms with Gasteiger partial charge in [0.25, 0.3) is 0 Å². The Hall–Kier alpha value is -0.990. The Morgan fingerprint density at radius 1 is 1.35 bits per heavy atom. The number of nitrogens with two attached hydrogens (primary N) is 1. The van der Waals surface area contributed by atoms with Crippen LogP contribution in [0.1, 0.15) is 39.0 Å². The van der Waals surface area contributed by atoms with E-state index in [9.17, 15) is 0 Å². The van der Waals surface area contributed by atoms with Crippen LogP contribution in [0.2, 0.25) is 0 Å². The van der Waals surface area contributed by atoms with Gasteiger partial charge in [0.05, 0.1) is 6.54 Å². The molecule has 3 nitrogen and oxygen atoms in total. The molecule has 17 heavy (non-hydrogen) atoms. The molecule has 0 heterocycles. The van der Waals surface area contributed by atoms with E-state index >= 15 is 0 Å². The van der Waals surface area contributed by atoms with Crippen LogP contribution in [0.15, 0.2) is 17.1 Å². The first kappa shape index (κ1) is 12.5. The number of rotatable bonds is 5. The minimum atomic E-state index is 0.578. The van der Waals surface area contributed by atoms with Crippen molar-refractivity contribution in [3.63, 3.8) is 0 Å². The van der Waals surface area contributed by atoms with Crippen molar-refractivity contribution in [2.75, 3.05) is 13.1 Å². The van der Waals surface area contributed by atoms with E-state index in [1.165, 1.54) is 32.1 Å². The van der Waals surface area contributed by atoms with Gasteiger partial charge < -0.3 is 11.1 Å². The lowest BCUT2D eigenvalue weighted by Gasteiger charge is -2.19. The van der Waals surface area contributed by atoms with E-state index in [1.807, 2.05) is 6.92 Å². The van der Waals surface area contributed by atoms with Crippen LogP contribution >= 0.6 is 0 Å². The first-order valence-corrected chi connectivity index (χ1v) is 6.85. The number of aliphatic imine (C=N–C) groups is 1. The summed E-state index contributed by atoms with van der Waals surface area (Å²) in [6.45, 7) is 7.43. The van der Waals surface area contributed by atoms with E-state index in [0.717, 1.165) is 29.9 Å². The van der Waals surface area contributed by atoms with E-state index in [1.54, 1.807) is 0 Å². The summed E-state index contributed by atoms with van der Waals surface area (Å²) >= 11 is 0. The Kier molecular flexibility index (Phi) is 4.08. The van der Waals surface area contributed by atoms with Gasteiger partial charge in [-0.3, -0.25) is 0 Å². The Morgan fingerprint density at radius 2 is 2.12 bits per heavy atom. The first-order valence-electron chi connectivity index (χ1n) is 6.85. The molecule has 96 valence electrons. The van der Waals surface area contributed by atoms with Gasteiger partial charge in [-0.1, -0.05) is 18.6 Å². The molecule has 0 bridgehead atoms. The first-order chi connectivity index (χ1) is 8.16. The highest BCUT2D eigenvalue weighted by Gasteiger charge is 2.38. The summed E-state index contributed by atoms with van der Waals surface area (Å²) < 4.78 is 0. The smallest absolute Gasteiger partial charge is 0.188 e. The SMILES string of the molecule is C=C(C)CN=C(N)NCC1CCCC1C1CC1. The maximum atomic E-state index is 5.84. The zero-order valence-corrected chi connectivity index (χ0v) is 10.9. The highest BCUT2D eigenvalue weighted by Crippen LogP contribution is 2.47. The monoisotopic (exact) mass is 235 g/mol. The standard InChI is InChI=1S/C14H25N3/c1-10(2)8-16-14(15)17-9-12-4-3-5-13(12)11-6-7-11/h11-13H,1,3-9H2,2H3,(H3,15,16,17). The summed E-state index contributed by atoms with van der Waals surface area (Å²) in [5, 5.41) is 3.28. The molecule has 3 heteroatoms. The zero-order valence-electron chi connectivity index (χ0n) is 10.9. The molecule has 2 saturated carbocycles. The van der Waals surface area contributed by atoms with Crippen LogP contribution in [0.5, 0.6) is 0 Å². The van der Waals surface area contributed by atoms with Crippen LogP contribution in [0.3, 0.4) is 0 Å².